The highest BCUT2D eigenvalue weighted by atomic mass is 35.5. The number of nitrogens with zero attached hydrogens (tertiary/aromatic N) is 4. The molecule has 54 heavy (non-hydrogen) atoms. The summed E-state index contributed by atoms with van der Waals surface area (Å²) in [4.78, 5) is 9.63. The van der Waals surface area contributed by atoms with Crippen molar-refractivity contribution in [1.82, 2.24) is 18.8 Å². The van der Waals surface area contributed by atoms with Gasteiger partial charge in [-0.15, -0.1) is 0 Å². The average molecular weight is 731 g/mol. The lowest BCUT2D eigenvalue weighted by Crippen LogP contribution is -2.43. The second-order valence-corrected chi connectivity index (χ2v) is 15.1. The molecule has 268 valence electrons. The second-order valence-electron chi connectivity index (χ2n) is 14.7. The molecule has 8 aromatic rings. The van der Waals surface area contributed by atoms with Crippen molar-refractivity contribution >= 4 is 22.9 Å². The van der Waals surface area contributed by atoms with Crippen LogP contribution in [0.15, 0.2) is 146 Å². The topological polar surface area (TPSA) is 86.6 Å². The van der Waals surface area contributed by atoms with E-state index in [0.29, 0.717) is 10.7 Å². The van der Waals surface area contributed by atoms with Crippen molar-refractivity contribution in [1.29, 1.82) is 0 Å². The summed E-state index contributed by atoms with van der Waals surface area (Å²) in [5.74, 6) is -0.288. The molecule has 6 nitrogen and oxygen atoms in total. The molecule has 4 aromatic heterocycles. The number of halogens is 2. The van der Waals surface area contributed by atoms with Crippen molar-refractivity contribution < 1.29 is 4.39 Å². The SMILES string of the molecule is NC1(c2ccc(-c3nc4cc(Cl)ccn4c3-c3ccccc3)cc2)CCC1.NC1(c2ccc(-c3nc4cc(F)ccn4c3-c3ccccc3)cc2)CCC1. The minimum absolute atomic E-state index is 0.146. The summed E-state index contributed by atoms with van der Waals surface area (Å²) in [5, 5.41) is 0.684. The summed E-state index contributed by atoms with van der Waals surface area (Å²) in [7, 11) is 0. The van der Waals surface area contributed by atoms with E-state index in [4.69, 9.17) is 33.0 Å². The molecule has 4 aromatic carbocycles. The van der Waals surface area contributed by atoms with Crippen LogP contribution in [0.5, 0.6) is 0 Å². The third-order valence-electron chi connectivity index (χ3n) is 11.2. The van der Waals surface area contributed by atoms with E-state index in [-0.39, 0.29) is 16.9 Å². The van der Waals surface area contributed by atoms with Crippen molar-refractivity contribution in [3.8, 4) is 45.0 Å². The number of benzene rings is 4. The molecule has 2 saturated carbocycles. The third-order valence-corrected chi connectivity index (χ3v) is 11.5. The van der Waals surface area contributed by atoms with Gasteiger partial charge in [0.2, 0.25) is 0 Å². The van der Waals surface area contributed by atoms with Crippen LogP contribution in [0.4, 0.5) is 4.39 Å². The Kier molecular flexibility index (Phi) is 8.65. The van der Waals surface area contributed by atoms with Gasteiger partial charge in [-0.3, -0.25) is 8.80 Å². The molecular weight excluding hydrogens is 691 g/mol. The molecule has 4 heterocycles. The van der Waals surface area contributed by atoms with Gasteiger partial charge in [0.25, 0.3) is 0 Å². The fraction of sp³-hybridized carbons (Fsp3) is 0.174. The summed E-state index contributed by atoms with van der Waals surface area (Å²) in [6, 6.07) is 44.1. The minimum atomic E-state index is -0.288. The van der Waals surface area contributed by atoms with Crippen molar-refractivity contribution in [2.75, 3.05) is 0 Å². The Morgan fingerprint density at radius 3 is 1.37 bits per heavy atom. The van der Waals surface area contributed by atoms with Crippen LogP contribution in [0.1, 0.15) is 49.7 Å². The smallest absolute Gasteiger partial charge is 0.140 e. The maximum absolute atomic E-state index is 13.7. The number of hydrogen-bond acceptors (Lipinski definition) is 4. The summed E-state index contributed by atoms with van der Waals surface area (Å²) in [6.45, 7) is 0. The molecular formula is C46H40ClFN6. The first-order chi connectivity index (χ1) is 26.3. The molecule has 10 rings (SSSR count). The van der Waals surface area contributed by atoms with Gasteiger partial charge in [0.15, 0.2) is 0 Å². The van der Waals surface area contributed by atoms with E-state index in [1.54, 1.807) is 6.20 Å². The van der Waals surface area contributed by atoms with E-state index in [1.807, 2.05) is 71.3 Å². The minimum Gasteiger partial charge on any atom is -0.321 e. The lowest BCUT2D eigenvalue weighted by atomic mass is 9.72. The van der Waals surface area contributed by atoms with Crippen LogP contribution in [0.3, 0.4) is 0 Å². The monoisotopic (exact) mass is 730 g/mol. The Bertz CT molecular complexity index is 2400. The van der Waals surface area contributed by atoms with E-state index in [2.05, 4.69) is 65.1 Å². The van der Waals surface area contributed by atoms with Crippen molar-refractivity contribution in [2.24, 2.45) is 11.5 Å². The molecule has 0 spiro atoms. The molecule has 4 N–H and O–H groups in total. The molecule has 0 amide bonds. The van der Waals surface area contributed by atoms with Gasteiger partial charge in [0.1, 0.15) is 17.1 Å². The Morgan fingerprint density at radius 1 is 0.519 bits per heavy atom. The summed E-state index contributed by atoms with van der Waals surface area (Å²) >= 11 is 6.20. The first-order valence-corrected chi connectivity index (χ1v) is 18.9. The summed E-state index contributed by atoms with van der Waals surface area (Å²) in [5.41, 5.74) is 24.5. The Labute approximate surface area is 318 Å². The van der Waals surface area contributed by atoms with Crippen LogP contribution in [0, 0.1) is 5.82 Å². The molecule has 0 radical (unpaired) electrons. The predicted octanol–water partition coefficient (Wildman–Crippen LogP) is 10.8. The fourth-order valence-electron chi connectivity index (χ4n) is 7.80. The first kappa shape index (κ1) is 34.2. The largest absolute Gasteiger partial charge is 0.321 e. The highest BCUT2D eigenvalue weighted by Crippen LogP contribution is 2.41. The first-order valence-electron chi connectivity index (χ1n) is 18.5. The molecule has 0 unspecified atom stereocenters. The number of rotatable bonds is 6. The van der Waals surface area contributed by atoms with Crippen molar-refractivity contribution in [3.63, 3.8) is 0 Å². The number of imidazole rings is 2. The molecule has 0 aliphatic heterocycles. The van der Waals surface area contributed by atoms with Gasteiger partial charge < -0.3 is 11.5 Å². The van der Waals surface area contributed by atoms with Crippen LogP contribution in [-0.4, -0.2) is 18.8 Å². The van der Waals surface area contributed by atoms with Crippen molar-refractivity contribution in [3.05, 3.63) is 168 Å². The number of fused-ring (bicyclic) bond motifs is 2. The number of aromatic nitrogens is 4. The maximum atomic E-state index is 13.7. The fourth-order valence-corrected chi connectivity index (χ4v) is 7.95. The van der Waals surface area contributed by atoms with Crippen molar-refractivity contribution in [2.45, 2.75) is 49.6 Å². The number of pyridine rings is 2. The van der Waals surface area contributed by atoms with Gasteiger partial charge in [0, 0.05) is 62.9 Å². The van der Waals surface area contributed by atoms with Gasteiger partial charge in [-0.25, -0.2) is 14.4 Å². The van der Waals surface area contributed by atoms with E-state index >= 15 is 0 Å². The molecule has 0 atom stereocenters. The summed E-state index contributed by atoms with van der Waals surface area (Å²) < 4.78 is 17.8. The highest BCUT2D eigenvalue weighted by Gasteiger charge is 2.35. The standard InChI is InChI=1S/C23H20ClN3.C23H20FN3/c2*24-19-11-14-27-20(15-19)26-21(22(27)17-5-2-1-3-6-17)16-7-9-18(10-8-16)23(25)12-4-13-23/h2*1-3,5-11,14-15H,4,12-13,25H2. The van der Waals surface area contributed by atoms with Crippen LogP contribution in [-0.2, 0) is 11.1 Å². The van der Waals surface area contributed by atoms with E-state index in [9.17, 15) is 4.39 Å². The van der Waals surface area contributed by atoms with Gasteiger partial charge in [0.05, 0.1) is 22.8 Å². The molecule has 0 bridgehead atoms. The normalized spacial score (nSPS) is 15.6. The molecule has 2 aliphatic carbocycles. The Morgan fingerprint density at radius 2 is 0.944 bits per heavy atom. The van der Waals surface area contributed by atoms with Gasteiger partial charge in [-0.05, 0) is 61.8 Å². The summed E-state index contributed by atoms with van der Waals surface area (Å²) in [6.07, 6.45) is 10.3. The van der Waals surface area contributed by atoms with Crippen LogP contribution in [0.25, 0.3) is 56.3 Å². The Hall–Kier alpha value is -5.60. The van der Waals surface area contributed by atoms with Crippen LogP contribution >= 0.6 is 11.6 Å². The molecule has 0 saturated heterocycles. The number of nitrogens with two attached hydrogens (primary N) is 2. The molecule has 8 heteroatoms. The van der Waals surface area contributed by atoms with E-state index in [1.165, 1.54) is 36.1 Å². The van der Waals surface area contributed by atoms with E-state index < -0.39 is 0 Å². The van der Waals surface area contributed by atoms with Crippen LogP contribution < -0.4 is 11.5 Å². The highest BCUT2D eigenvalue weighted by molar-refractivity contribution is 6.30. The predicted molar refractivity (Wildman–Crippen MR) is 217 cm³/mol. The third kappa shape index (κ3) is 6.18. The molecule has 2 aliphatic rings. The maximum Gasteiger partial charge on any atom is 0.140 e. The van der Waals surface area contributed by atoms with Gasteiger partial charge >= 0.3 is 0 Å². The Balaban J connectivity index is 0.000000142. The van der Waals surface area contributed by atoms with E-state index in [0.717, 1.165) is 76.4 Å². The zero-order chi connectivity index (χ0) is 36.9. The van der Waals surface area contributed by atoms with Crippen LogP contribution in [0.2, 0.25) is 5.02 Å². The van der Waals surface area contributed by atoms with Gasteiger partial charge in [-0.1, -0.05) is 121 Å². The average Bonchev–Trinajstić information content (AvgIpc) is 3.75. The van der Waals surface area contributed by atoms with Gasteiger partial charge in [-0.2, -0.15) is 0 Å². The zero-order valence-electron chi connectivity index (χ0n) is 29.8. The second kappa shape index (κ2) is 13.7. The lowest BCUT2D eigenvalue weighted by molar-refractivity contribution is 0.253. The molecule has 2 fully saturated rings. The quantitative estimate of drug-likeness (QED) is 0.178. The zero-order valence-corrected chi connectivity index (χ0v) is 30.6. The lowest BCUT2D eigenvalue weighted by Gasteiger charge is -2.38. The number of hydrogen-bond donors (Lipinski definition) is 2.